The molecule has 3 N–H and O–H groups in total. The van der Waals surface area contributed by atoms with E-state index in [9.17, 15) is 19.2 Å². The van der Waals surface area contributed by atoms with Crippen LogP contribution in [0.15, 0.2) is 54.6 Å². The molecule has 0 heterocycles. The van der Waals surface area contributed by atoms with Crippen molar-refractivity contribution in [2.24, 2.45) is 5.92 Å². The first kappa shape index (κ1) is 36.3. The minimum absolute atomic E-state index is 0.0211. The number of hydrogen-bond acceptors (Lipinski definition) is 6. The Kier molecular flexibility index (Phi) is 13.2. The van der Waals surface area contributed by atoms with Gasteiger partial charge >= 0.3 is 0 Å². The molecule has 3 rings (SSSR count). The van der Waals surface area contributed by atoms with Crippen LogP contribution < -0.4 is 16.0 Å². The molecule has 4 unspecified atom stereocenters. The van der Waals surface area contributed by atoms with Gasteiger partial charge in [0.15, 0.2) is 17.3 Å². The van der Waals surface area contributed by atoms with Crippen molar-refractivity contribution >= 4 is 23.3 Å². The lowest BCUT2D eigenvalue weighted by Gasteiger charge is -2.36. The summed E-state index contributed by atoms with van der Waals surface area (Å²) in [6.45, 7) is 13.4. The Morgan fingerprint density at radius 3 is 2.04 bits per heavy atom. The number of benzene rings is 2. The number of carbonyl (C=O) groups excluding carboxylic acids is 4. The van der Waals surface area contributed by atoms with Crippen molar-refractivity contribution < 1.29 is 19.2 Å². The van der Waals surface area contributed by atoms with Gasteiger partial charge in [0.05, 0.1) is 17.1 Å². The Bertz CT molecular complexity index is 1280. The van der Waals surface area contributed by atoms with Crippen molar-refractivity contribution in [3.05, 3.63) is 71.3 Å². The van der Waals surface area contributed by atoms with Crippen molar-refractivity contribution in [1.29, 1.82) is 0 Å². The zero-order valence-electron chi connectivity index (χ0n) is 28.5. The van der Waals surface area contributed by atoms with Gasteiger partial charge in [-0.3, -0.25) is 19.2 Å². The highest BCUT2D eigenvalue weighted by Gasteiger charge is 2.37. The summed E-state index contributed by atoms with van der Waals surface area (Å²) in [5, 5.41) is 10.0. The molecule has 1 saturated carbocycles. The molecule has 1 fully saturated rings. The smallest absolute Gasteiger partial charge is 0.217 e. The van der Waals surface area contributed by atoms with Crippen molar-refractivity contribution in [3.8, 4) is 0 Å². The molecule has 4 atom stereocenters. The molecule has 1 aliphatic rings. The van der Waals surface area contributed by atoms with Gasteiger partial charge in [-0.1, -0.05) is 87.7 Å². The van der Waals surface area contributed by atoms with E-state index >= 15 is 0 Å². The Labute approximate surface area is 270 Å². The SMILES string of the molecule is CCC(C)(NC1CCCCC1)C(=O)CC(C)CC(C)NC(C)(C)C(=O)C(Cc1ccc(C(=O)c2ccccc2)cc1)NC(C)=O. The lowest BCUT2D eigenvalue weighted by atomic mass is 9.83. The highest BCUT2D eigenvalue weighted by atomic mass is 16.2. The highest BCUT2D eigenvalue weighted by molar-refractivity contribution is 6.09. The van der Waals surface area contributed by atoms with Gasteiger partial charge in [0.2, 0.25) is 5.91 Å². The molecule has 0 saturated heterocycles. The summed E-state index contributed by atoms with van der Waals surface area (Å²) in [7, 11) is 0. The zero-order chi connectivity index (χ0) is 33.2. The van der Waals surface area contributed by atoms with Crippen LogP contribution in [-0.2, 0) is 20.8 Å². The molecule has 0 spiro atoms. The maximum absolute atomic E-state index is 13.8. The van der Waals surface area contributed by atoms with Gasteiger partial charge in [0.25, 0.3) is 0 Å². The van der Waals surface area contributed by atoms with Gasteiger partial charge in [-0.15, -0.1) is 0 Å². The van der Waals surface area contributed by atoms with E-state index in [1.165, 1.54) is 26.2 Å². The van der Waals surface area contributed by atoms with E-state index in [1.807, 2.05) is 51.1 Å². The molecule has 0 bridgehead atoms. The van der Waals surface area contributed by atoms with E-state index in [1.54, 1.807) is 24.3 Å². The third-order valence-electron chi connectivity index (χ3n) is 9.35. The van der Waals surface area contributed by atoms with Crippen LogP contribution in [0.25, 0.3) is 0 Å². The van der Waals surface area contributed by atoms with Crippen LogP contribution in [0.1, 0.15) is 121 Å². The minimum atomic E-state index is -0.917. The van der Waals surface area contributed by atoms with Crippen LogP contribution in [0, 0.1) is 5.92 Å². The number of rotatable bonds is 17. The highest BCUT2D eigenvalue weighted by Crippen LogP contribution is 2.25. The number of ketones is 3. The van der Waals surface area contributed by atoms with Crippen LogP contribution in [0.4, 0.5) is 0 Å². The third-order valence-corrected chi connectivity index (χ3v) is 9.35. The van der Waals surface area contributed by atoms with E-state index in [0.29, 0.717) is 30.0 Å². The topological polar surface area (TPSA) is 104 Å². The van der Waals surface area contributed by atoms with Gasteiger partial charge in [-0.2, -0.15) is 0 Å². The normalized spacial score (nSPS) is 17.5. The number of Topliss-reactive ketones (excluding diaryl/α,β-unsaturated/α-hetero) is 2. The van der Waals surface area contributed by atoms with Crippen LogP contribution in [0.2, 0.25) is 0 Å². The fourth-order valence-electron chi connectivity index (χ4n) is 6.73. The van der Waals surface area contributed by atoms with E-state index in [4.69, 9.17) is 0 Å². The maximum atomic E-state index is 13.8. The Balaban J connectivity index is 1.59. The molecule has 2 aromatic rings. The maximum Gasteiger partial charge on any atom is 0.217 e. The molecule has 246 valence electrons. The Morgan fingerprint density at radius 2 is 1.47 bits per heavy atom. The third kappa shape index (κ3) is 10.7. The summed E-state index contributed by atoms with van der Waals surface area (Å²) in [6.07, 6.45) is 8.33. The Hall–Kier alpha value is -3.16. The molecule has 0 aromatic heterocycles. The predicted octanol–water partition coefficient (Wildman–Crippen LogP) is 6.37. The zero-order valence-corrected chi connectivity index (χ0v) is 28.5. The fourth-order valence-corrected chi connectivity index (χ4v) is 6.73. The largest absolute Gasteiger partial charge is 0.346 e. The molecule has 0 aliphatic heterocycles. The van der Waals surface area contributed by atoms with Crippen molar-refractivity contribution in [2.75, 3.05) is 0 Å². The second kappa shape index (κ2) is 16.4. The molecule has 2 aromatic carbocycles. The number of hydrogen-bond donors (Lipinski definition) is 3. The quantitative estimate of drug-likeness (QED) is 0.178. The number of carbonyl (C=O) groups is 4. The second-order valence-electron chi connectivity index (χ2n) is 14.0. The fraction of sp³-hybridized carbons (Fsp3) is 0.579. The van der Waals surface area contributed by atoms with Crippen LogP contribution in [-0.4, -0.2) is 52.5 Å². The first-order valence-corrected chi connectivity index (χ1v) is 16.8. The molecule has 7 nitrogen and oxygen atoms in total. The summed E-state index contributed by atoms with van der Waals surface area (Å²) >= 11 is 0. The summed E-state index contributed by atoms with van der Waals surface area (Å²) in [5.74, 6) is -0.0540. The molecule has 1 aliphatic carbocycles. The van der Waals surface area contributed by atoms with Crippen molar-refractivity contribution in [1.82, 2.24) is 16.0 Å². The first-order valence-electron chi connectivity index (χ1n) is 16.8. The summed E-state index contributed by atoms with van der Waals surface area (Å²) in [6, 6.07) is 16.0. The number of amides is 1. The lowest BCUT2D eigenvalue weighted by Crippen LogP contribution is -2.58. The van der Waals surface area contributed by atoms with Crippen LogP contribution >= 0.6 is 0 Å². The average Bonchev–Trinajstić information content (AvgIpc) is 3.00. The summed E-state index contributed by atoms with van der Waals surface area (Å²) < 4.78 is 0. The molecular formula is C38H55N3O4. The van der Waals surface area contributed by atoms with Crippen molar-refractivity contribution in [2.45, 2.75) is 135 Å². The second-order valence-corrected chi connectivity index (χ2v) is 14.0. The molecule has 1 amide bonds. The van der Waals surface area contributed by atoms with E-state index < -0.39 is 17.1 Å². The summed E-state index contributed by atoms with van der Waals surface area (Å²) in [5.41, 5.74) is 0.608. The van der Waals surface area contributed by atoms with Gasteiger partial charge < -0.3 is 16.0 Å². The van der Waals surface area contributed by atoms with E-state index in [2.05, 4.69) is 36.7 Å². The van der Waals surface area contributed by atoms with E-state index in [-0.39, 0.29) is 35.2 Å². The molecular weight excluding hydrogens is 562 g/mol. The number of nitrogens with one attached hydrogen (secondary N) is 3. The molecule has 0 radical (unpaired) electrons. The molecule has 45 heavy (non-hydrogen) atoms. The Morgan fingerprint density at radius 1 is 0.867 bits per heavy atom. The van der Waals surface area contributed by atoms with Gasteiger partial charge in [-0.05, 0) is 71.3 Å². The predicted molar refractivity (Wildman–Crippen MR) is 181 cm³/mol. The van der Waals surface area contributed by atoms with Gasteiger partial charge in [0, 0.05) is 36.6 Å². The molecule has 7 heteroatoms. The standard InChI is InChI=1S/C38H55N3O4/c1-8-38(7,41-32-17-13-10-14-18-32)34(43)24-26(2)23-27(3)40-37(5,6)36(45)33(39-28(4)42)25-29-19-21-31(22-20-29)35(44)30-15-11-9-12-16-30/h9,11-12,15-16,19-22,26-27,32-33,40-41H,8,10,13-14,17-18,23-25H2,1-7H3,(H,39,42). The first-order chi connectivity index (χ1) is 21.2. The van der Waals surface area contributed by atoms with Crippen molar-refractivity contribution in [3.63, 3.8) is 0 Å². The van der Waals surface area contributed by atoms with Crippen LogP contribution in [0.5, 0.6) is 0 Å². The lowest BCUT2D eigenvalue weighted by molar-refractivity contribution is -0.130. The monoisotopic (exact) mass is 617 g/mol. The van der Waals surface area contributed by atoms with Gasteiger partial charge in [-0.25, -0.2) is 0 Å². The van der Waals surface area contributed by atoms with Crippen LogP contribution in [0.3, 0.4) is 0 Å². The minimum Gasteiger partial charge on any atom is -0.346 e. The van der Waals surface area contributed by atoms with Gasteiger partial charge in [0.1, 0.15) is 0 Å². The summed E-state index contributed by atoms with van der Waals surface area (Å²) in [4.78, 5) is 52.2. The van der Waals surface area contributed by atoms with E-state index in [0.717, 1.165) is 31.2 Å². The average molecular weight is 618 g/mol.